The van der Waals surface area contributed by atoms with Crippen molar-refractivity contribution in [2.75, 3.05) is 0 Å². The van der Waals surface area contributed by atoms with Gasteiger partial charge in [0.15, 0.2) is 5.54 Å². The normalized spacial score (nSPS) is 18.3. The van der Waals surface area contributed by atoms with Crippen LogP contribution in [0.2, 0.25) is 0 Å². The van der Waals surface area contributed by atoms with E-state index in [0.717, 1.165) is 5.06 Å². The summed E-state index contributed by atoms with van der Waals surface area (Å²) in [6, 6.07) is 0. The van der Waals surface area contributed by atoms with Crippen molar-refractivity contribution >= 4 is 11.3 Å². The second-order valence-corrected chi connectivity index (χ2v) is 6.12. The minimum Gasteiger partial charge on any atom is -0.476 e. The quantitative estimate of drug-likeness (QED) is 0.706. The zero-order valence-electron chi connectivity index (χ0n) is 9.82. The van der Waals surface area contributed by atoms with Gasteiger partial charge in [-0.2, -0.15) is 4.57 Å². The van der Waals surface area contributed by atoms with E-state index in [0.29, 0.717) is 6.10 Å². The van der Waals surface area contributed by atoms with Crippen LogP contribution in [0.1, 0.15) is 46.5 Å². The minimum absolute atomic E-state index is 0.161. The molecule has 1 saturated carbocycles. The van der Waals surface area contributed by atoms with E-state index in [2.05, 4.69) is 37.0 Å². The van der Waals surface area contributed by atoms with Gasteiger partial charge in [-0.1, -0.05) is 0 Å². The predicted octanol–water partition coefficient (Wildman–Crippen LogP) is 3.11. The maximum atomic E-state index is 5.95. The second kappa shape index (κ2) is 4.12. The highest BCUT2D eigenvalue weighted by Gasteiger charge is 2.25. The summed E-state index contributed by atoms with van der Waals surface area (Å²) in [4.78, 5) is 0. The van der Waals surface area contributed by atoms with Crippen molar-refractivity contribution in [3.63, 3.8) is 0 Å². The second-order valence-electron chi connectivity index (χ2n) is 5.27. The Morgan fingerprint density at radius 1 is 1.33 bits per heavy atom. The van der Waals surface area contributed by atoms with E-state index in [1.165, 1.54) is 25.7 Å². The third kappa shape index (κ3) is 2.71. The number of hydrogen-bond donors (Lipinski definition) is 0. The summed E-state index contributed by atoms with van der Waals surface area (Å²) in [6.45, 7) is 6.62. The van der Waals surface area contributed by atoms with E-state index in [1.807, 2.05) is 0 Å². The molecule has 1 heterocycles. The van der Waals surface area contributed by atoms with Crippen LogP contribution >= 0.6 is 11.3 Å². The molecule has 0 radical (unpaired) electrons. The first-order chi connectivity index (χ1) is 7.05. The van der Waals surface area contributed by atoms with Gasteiger partial charge in [-0.05, 0) is 37.0 Å². The number of nitrogens with zero attached hydrogens (tertiary/aromatic N) is 1. The average molecular weight is 226 g/mol. The Balaban J connectivity index is 2.00. The molecule has 0 spiro atoms. The van der Waals surface area contributed by atoms with Crippen molar-refractivity contribution in [2.24, 2.45) is 0 Å². The third-order valence-electron chi connectivity index (χ3n) is 2.89. The predicted molar refractivity (Wildman–Crippen MR) is 62.4 cm³/mol. The smallest absolute Gasteiger partial charge is 0.245 e. The van der Waals surface area contributed by atoms with Gasteiger partial charge in [-0.25, -0.2) is 0 Å². The molecule has 0 amide bonds. The summed E-state index contributed by atoms with van der Waals surface area (Å²) in [5, 5.41) is 1.07. The number of hydrogen-bond acceptors (Lipinski definition) is 2. The molecule has 84 valence electrons. The van der Waals surface area contributed by atoms with Crippen molar-refractivity contribution in [2.45, 2.75) is 58.1 Å². The molecule has 1 aliphatic rings. The van der Waals surface area contributed by atoms with Gasteiger partial charge in [-0.15, -0.1) is 0 Å². The van der Waals surface area contributed by atoms with Crippen LogP contribution in [0.4, 0.5) is 0 Å². The summed E-state index contributed by atoms with van der Waals surface area (Å²) in [5.74, 6) is 0. The minimum atomic E-state index is 0.161. The topological polar surface area (TPSA) is 13.1 Å². The van der Waals surface area contributed by atoms with Crippen LogP contribution in [0.5, 0.6) is 5.06 Å². The van der Waals surface area contributed by atoms with Crippen molar-refractivity contribution in [1.29, 1.82) is 0 Å². The molecule has 0 aromatic carbocycles. The summed E-state index contributed by atoms with van der Waals surface area (Å²) in [5.41, 5.74) is 2.30. The van der Waals surface area contributed by atoms with E-state index in [4.69, 9.17) is 4.74 Å². The largest absolute Gasteiger partial charge is 0.476 e. The lowest BCUT2D eigenvalue weighted by molar-refractivity contribution is -0.750. The molecule has 0 saturated heterocycles. The molecule has 0 unspecified atom stereocenters. The van der Waals surface area contributed by atoms with Gasteiger partial charge in [0.2, 0.25) is 16.8 Å². The Kier molecular flexibility index (Phi) is 3.01. The lowest BCUT2D eigenvalue weighted by Gasteiger charge is -2.10. The van der Waals surface area contributed by atoms with Crippen molar-refractivity contribution in [3.05, 3.63) is 11.7 Å². The van der Waals surface area contributed by atoms with Gasteiger partial charge >= 0.3 is 0 Å². The van der Waals surface area contributed by atoms with Gasteiger partial charge < -0.3 is 4.74 Å². The van der Waals surface area contributed by atoms with Crippen LogP contribution in [-0.4, -0.2) is 6.10 Å². The molecule has 3 heteroatoms. The fraction of sp³-hybridized carbons (Fsp3) is 0.750. The summed E-state index contributed by atoms with van der Waals surface area (Å²) >= 11 is 1.70. The monoisotopic (exact) mass is 226 g/mol. The van der Waals surface area contributed by atoms with Crippen molar-refractivity contribution < 1.29 is 9.30 Å². The zero-order valence-corrected chi connectivity index (χ0v) is 10.6. The first-order valence-corrected chi connectivity index (χ1v) is 6.60. The SMILES string of the molecule is CC(C)(C)[n+]1csc(OC2CCCC2)c1. The molecule has 1 aromatic heterocycles. The number of thiazole rings is 1. The van der Waals surface area contributed by atoms with E-state index >= 15 is 0 Å². The molecule has 0 atom stereocenters. The van der Waals surface area contributed by atoms with Crippen LogP contribution in [0, 0.1) is 0 Å². The first kappa shape index (κ1) is 10.9. The van der Waals surface area contributed by atoms with Gasteiger partial charge in [0.1, 0.15) is 0 Å². The number of rotatable bonds is 2. The third-order valence-corrected chi connectivity index (χ3v) is 3.65. The molecule has 0 aliphatic heterocycles. The van der Waals surface area contributed by atoms with Crippen molar-refractivity contribution in [3.8, 4) is 5.06 Å². The highest BCUT2D eigenvalue weighted by atomic mass is 32.1. The van der Waals surface area contributed by atoms with Crippen LogP contribution in [0.3, 0.4) is 0 Å². The van der Waals surface area contributed by atoms with Crippen molar-refractivity contribution in [1.82, 2.24) is 0 Å². The van der Waals surface area contributed by atoms with Gasteiger partial charge in [-0.3, -0.25) is 0 Å². The Morgan fingerprint density at radius 2 is 2.00 bits per heavy atom. The Morgan fingerprint density at radius 3 is 2.53 bits per heavy atom. The maximum absolute atomic E-state index is 5.95. The molecule has 1 aliphatic carbocycles. The number of aromatic nitrogens is 1. The summed E-state index contributed by atoms with van der Waals surface area (Å²) in [7, 11) is 0. The lowest BCUT2D eigenvalue weighted by atomic mass is 10.1. The molecule has 0 bridgehead atoms. The van der Waals surface area contributed by atoms with E-state index in [9.17, 15) is 0 Å². The first-order valence-electron chi connectivity index (χ1n) is 5.72. The number of ether oxygens (including phenoxy) is 1. The van der Waals surface area contributed by atoms with Crippen LogP contribution in [0.25, 0.3) is 0 Å². The molecule has 2 nitrogen and oxygen atoms in total. The molecule has 15 heavy (non-hydrogen) atoms. The molecule has 2 rings (SSSR count). The van der Waals surface area contributed by atoms with Crippen LogP contribution < -0.4 is 9.30 Å². The van der Waals surface area contributed by atoms with Gasteiger partial charge in [0.05, 0.1) is 6.10 Å². The lowest BCUT2D eigenvalue weighted by Crippen LogP contribution is -2.47. The van der Waals surface area contributed by atoms with E-state index < -0.39 is 0 Å². The van der Waals surface area contributed by atoms with Gasteiger partial charge in [0.25, 0.3) is 0 Å². The molecular weight excluding hydrogens is 206 g/mol. The van der Waals surface area contributed by atoms with E-state index in [1.54, 1.807) is 11.3 Å². The van der Waals surface area contributed by atoms with Gasteiger partial charge in [0, 0.05) is 20.8 Å². The zero-order chi connectivity index (χ0) is 10.9. The summed E-state index contributed by atoms with van der Waals surface area (Å²) < 4.78 is 8.17. The molecule has 0 N–H and O–H groups in total. The van der Waals surface area contributed by atoms with E-state index in [-0.39, 0.29) is 5.54 Å². The Labute approximate surface area is 95.9 Å². The molecule has 1 aromatic rings. The Bertz CT molecular complexity index is 321. The fourth-order valence-corrected chi connectivity index (χ4v) is 2.82. The van der Waals surface area contributed by atoms with Crippen LogP contribution in [0.15, 0.2) is 11.7 Å². The molecular formula is C12H20NOS+. The highest BCUT2D eigenvalue weighted by Crippen LogP contribution is 2.26. The Hall–Kier alpha value is -0.570. The highest BCUT2D eigenvalue weighted by molar-refractivity contribution is 7.11. The molecule has 1 fully saturated rings. The van der Waals surface area contributed by atoms with Crippen LogP contribution in [-0.2, 0) is 5.54 Å². The standard InChI is InChI=1S/C12H20NOS/c1-12(2,3)13-8-11(15-9-13)14-10-6-4-5-7-10/h8-10H,4-7H2,1-3H3/q+1. The maximum Gasteiger partial charge on any atom is 0.245 e. The fourth-order valence-electron chi connectivity index (χ4n) is 1.86. The summed E-state index contributed by atoms with van der Waals surface area (Å²) in [6.07, 6.45) is 7.71. The average Bonchev–Trinajstić information content (AvgIpc) is 2.73.